The number of rotatable bonds is 2. The zero-order valence-corrected chi connectivity index (χ0v) is 17.5. The van der Waals surface area contributed by atoms with E-state index < -0.39 is 23.2 Å². The van der Waals surface area contributed by atoms with Crippen LogP contribution in [-0.2, 0) is 11.6 Å². The Morgan fingerprint density at radius 3 is 2.17 bits per heavy atom. The first-order chi connectivity index (χ1) is 14.0. The summed E-state index contributed by atoms with van der Waals surface area (Å²) in [6.07, 6.45) is 1.33. The summed E-state index contributed by atoms with van der Waals surface area (Å²) in [7, 11) is 0. The SMILES string of the molecule is CC(C)(C)c1cc(C(F)(F)F)n2nc(C(=O)NC3C4CC5CC(C4)CC3C5)cc2n1. The molecule has 162 valence electrons. The third kappa shape index (κ3) is 3.28. The average molecular weight is 420 g/mol. The highest BCUT2D eigenvalue weighted by atomic mass is 19.4. The first-order valence-electron chi connectivity index (χ1n) is 10.8. The lowest BCUT2D eigenvalue weighted by atomic mass is 9.54. The molecule has 0 unspecified atom stereocenters. The number of carbonyl (C=O) groups excluding carboxylic acids is 1. The van der Waals surface area contributed by atoms with E-state index in [-0.39, 0.29) is 17.4 Å². The van der Waals surface area contributed by atoms with Crippen molar-refractivity contribution in [3.63, 3.8) is 0 Å². The Bertz CT molecular complexity index is 976. The summed E-state index contributed by atoms with van der Waals surface area (Å²) in [4.78, 5) is 17.3. The number of hydrogen-bond acceptors (Lipinski definition) is 3. The molecule has 4 bridgehead atoms. The molecular weight excluding hydrogens is 393 g/mol. The standard InChI is InChI=1S/C22H27F3N4O/c1-21(2,3)16-10-17(22(23,24)25)29-18(26-16)9-15(28-29)20(30)27-19-13-5-11-4-12(7-13)8-14(19)6-11/h9-14,19H,4-8H2,1-3H3,(H,27,30). The van der Waals surface area contributed by atoms with E-state index in [1.165, 1.54) is 12.5 Å². The highest BCUT2D eigenvalue weighted by Crippen LogP contribution is 2.53. The Hall–Kier alpha value is -2.12. The summed E-state index contributed by atoms with van der Waals surface area (Å²) in [5, 5.41) is 7.13. The lowest BCUT2D eigenvalue weighted by molar-refractivity contribution is -0.142. The van der Waals surface area contributed by atoms with Crippen LogP contribution in [0, 0.1) is 23.7 Å². The molecule has 4 aliphatic carbocycles. The minimum atomic E-state index is -4.59. The molecule has 0 aliphatic heterocycles. The van der Waals surface area contributed by atoms with Crippen LogP contribution >= 0.6 is 0 Å². The van der Waals surface area contributed by atoms with Crippen LogP contribution in [0.2, 0.25) is 0 Å². The first-order valence-corrected chi connectivity index (χ1v) is 10.8. The summed E-state index contributed by atoms with van der Waals surface area (Å²) in [6, 6.07) is 2.50. The van der Waals surface area contributed by atoms with Gasteiger partial charge in [0.2, 0.25) is 0 Å². The molecule has 4 fully saturated rings. The fourth-order valence-corrected chi connectivity index (χ4v) is 6.06. The van der Waals surface area contributed by atoms with Gasteiger partial charge in [-0.3, -0.25) is 4.79 Å². The molecule has 30 heavy (non-hydrogen) atoms. The van der Waals surface area contributed by atoms with Crippen molar-refractivity contribution in [2.24, 2.45) is 23.7 Å². The molecule has 0 radical (unpaired) electrons. The van der Waals surface area contributed by atoms with Crippen molar-refractivity contribution in [3.8, 4) is 0 Å². The zero-order chi connectivity index (χ0) is 21.4. The van der Waals surface area contributed by atoms with Crippen molar-refractivity contribution in [2.45, 2.75) is 70.5 Å². The van der Waals surface area contributed by atoms with Crippen LogP contribution in [0.25, 0.3) is 5.65 Å². The molecule has 2 aromatic rings. The predicted octanol–water partition coefficient (Wildman–Crippen LogP) is 4.60. The maximum Gasteiger partial charge on any atom is 0.433 e. The third-order valence-electron chi connectivity index (χ3n) is 7.24. The number of hydrogen-bond donors (Lipinski definition) is 1. The van der Waals surface area contributed by atoms with E-state index >= 15 is 0 Å². The van der Waals surface area contributed by atoms with Gasteiger partial charge in [0, 0.05) is 17.5 Å². The van der Waals surface area contributed by atoms with Crippen LogP contribution < -0.4 is 5.32 Å². The monoisotopic (exact) mass is 420 g/mol. The van der Waals surface area contributed by atoms with Gasteiger partial charge in [-0.1, -0.05) is 20.8 Å². The van der Waals surface area contributed by atoms with E-state index in [1.54, 1.807) is 0 Å². The second-order valence-corrected chi connectivity index (χ2v) is 10.5. The van der Waals surface area contributed by atoms with Gasteiger partial charge in [0.15, 0.2) is 11.3 Å². The van der Waals surface area contributed by atoms with Gasteiger partial charge in [-0.25, -0.2) is 9.50 Å². The van der Waals surface area contributed by atoms with Crippen LogP contribution in [-0.4, -0.2) is 26.5 Å². The Labute approximate surface area is 173 Å². The van der Waals surface area contributed by atoms with E-state index in [2.05, 4.69) is 15.4 Å². The number of halogens is 3. The topological polar surface area (TPSA) is 59.3 Å². The smallest absolute Gasteiger partial charge is 0.347 e. The minimum Gasteiger partial charge on any atom is -0.347 e. The summed E-state index contributed by atoms with van der Waals surface area (Å²) < 4.78 is 41.8. The number of fused-ring (bicyclic) bond motifs is 1. The molecule has 2 aromatic heterocycles. The molecule has 5 nitrogen and oxygen atoms in total. The van der Waals surface area contributed by atoms with Crippen LogP contribution in [0.5, 0.6) is 0 Å². The summed E-state index contributed by atoms with van der Waals surface area (Å²) in [5.41, 5.74) is -1.12. The highest BCUT2D eigenvalue weighted by Gasteiger charge is 2.48. The fraction of sp³-hybridized carbons (Fsp3) is 0.682. The van der Waals surface area contributed by atoms with Gasteiger partial charge in [0.1, 0.15) is 5.69 Å². The second-order valence-electron chi connectivity index (χ2n) is 10.5. The van der Waals surface area contributed by atoms with E-state index in [9.17, 15) is 18.0 Å². The van der Waals surface area contributed by atoms with Gasteiger partial charge < -0.3 is 5.32 Å². The Morgan fingerprint density at radius 2 is 1.63 bits per heavy atom. The molecule has 1 N–H and O–H groups in total. The molecular formula is C22H27F3N4O. The van der Waals surface area contributed by atoms with E-state index in [4.69, 9.17) is 0 Å². The van der Waals surface area contributed by atoms with Gasteiger partial charge in [-0.2, -0.15) is 18.3 Å². The number of alkyl halides is 3. The van der Waals surface area contributed by atoms with Gasteiger partial charge in [-0.15, -0.1) is 0 Å². The fourth-order valence-electron chi connectivity index (χ4n) is 6.06. The van der Waals surface area contributed by atoms with E-state index in [0.717, 1.165) is 48.1 Å². The van der Waals surface area contributed by atoms with Crippen molar-refractivity contribution in [1.29, 1.82) is 0 Å². The molecule has 1 amide bonds. The lowest BCUT2D eigenvalue weighted by Crippen LogP contribution is -2.55. The Balaban J connectivity index is 1.47. The number of nitrogens with one attached hydrogen (secondary N) is 1. The normalized spacial score (nSPS) is 30.8. The largest absolute Gasteiger partial charge is 0.433 e. The second kappa shape index (κ2) is 6.44. The van der Waals surface area contributed by atoms with Crippen LogP contribution in [0.4, 0.5) is 13.2 Å². The van der Waals surface area contributed by atoms with Crippen molar-refractivity contribution in [3.05, 3.63) is 29.2 Å². The van der Waals surface area contributed by atoms with Crippen molar-refractivity contribution in [1.82, 2.24) is 19.9 Å². The number of aromatic nitrogens is 3. The maximum atomic E-state index is 13.7. The zero-order valence-electron chi connectivity index (χ0n) is 17.5. The molecule has 8 heteroatoms. The van der Waals surface area contributed by atoms with E-state index in [0.29, 0.717) is 17.5 Å². The van der Waals surface area contributed by atoms with Crippen LogP contribution in [0.3, 0.4) is 0 Å². The number of nitrogens with zero attached hydrogens (tertiary/aromatic N) is 3. The van der Waals surface area contributed by atoms with Gasteiger partial charge in [-0.05, 0) is 61.8 Å². The highest BCUT2D eigenvalue weighted by molar-refractivity contribution is 5.93. The summed E-state index contributed by atoms with van der Waals surface area (Å²) in [5.74, 6) is 2.14. The van der Waals surface area contributed by atoms with Gasteiger partial charge in [0.25, 0.3) is 5.91 Å². The van der Waals surface area contributed by atoms with Crippen LogP contribution in [0.15, 0.2) is 12.1 Å². The van der Waals surface area contributed by atoms with Gasteiger partial charge >= 0.3 is 6.18 Å². The Kier molecular flexibility index (Phi) is 4.25. The lowest BCUT2D eigenvalue weighted by Gasteiger charge is -2.54. The predicted molar refractivity (Wildman–Crippen MR) is 105 cm³/mol. The van der Waals surface area contributed by atoms with Crippen molar-refractivity contribution >= 4 is 11.6 Å². The molecule has 2 heterocycles. The summed E-state index contributed by atoms with van der Waals surface area (Å²) in [6.45, 7) is 5.42. The maximum absolute atomic E-state index is 13.7. The molecule has 4 aliphatic rings. The van der Waals surface area contributed by atoms with Crippen molar-refractivity contribution in [2.75, 3.05) is 0 Å². The molecule has 0 atom stereocenters. The van der Waals surface area contributed by atoms with E-state index in [1.807, 2.05) is 20.8 Å². The quantitative estimate of drug-likeness (QED) is 0.773. The molecule has 0 spiro atoms. The number of amides is 1. The average Bonchev–Trinajstić information content (AvgIpc) is 3.05. The van der Waals surface area contributed by atoms with Gasteiger partial charge in [0.05, 0.1) is 5.69 Å². The van der Waals surface area contributed by atoms with Crippen LogP contribution in [0.1, 0.15) is 74.8 Å². The minimum absolute atomic E-state index is 0.00661. The molecule has 0 aromatic carbocycles. The Morgan fingerprint density at radius 1 is 1.03 bits per heavy atom. The molecule has 4 saturated carbocycles. The molecule has 6 rings (SSSR count). The third-order valence-corrected chi connectivity index (χ3v) is 7.24. The van der Waals surface area contributed by atoms with Crippen molar-refractivity contribution < 1.29 is 18.0 Å². The molecule has 0 saturated heterocycles. The summed E-state index contributed by atoms with van der Waals surface area (Å²) >= 11 is 0. The number of carbonyl (C=O) groups is 1. The first kappa shape index (κ1) is 19.8.